The van der Waals surface area contributed by atoms with Gasteiger partial charge in [0.05, 0.1) is 16.8 Å². The van der Waals surface area contributed by atoms with Crippen molar-refractivity contribution in [1.29, 1.82) is 0 Å². The molecule has 1 fully saturated rings. The lowest BCUT2D eigenvalue weighted by molar-refractivity contribution is -0.119. The predicted molar refractivity (Wildman–Crippen MR) is 91.4 cm³/mol. The average Bonchev–Trinajstić information content (AvgIpc) is 3.03. The van der Waals surface area contributed by atoms with Gasteiger partial charge < -0.3 is 16.0 Å². The first-order chi connectivity index (χ1) is 11.1. The van der Waals surface area contributed by atoms with E-state index in [9.17, 15) is 9.59 Å². The van der Waals surface area contributed by atoms with Gasteiger partial charge in [-0.1, -0.05) is 36.4 Å². The molecule has 23 heavy (non-hydrogen) atoms. The summed E-state index contributed by atoms with van der Waals surface area (Å²) in [6.07, 6.45) is 0. The van der Waals surface area contributed by atoms with Crippen LogP contribution in [0.1, 0.15) is 10.9 Å². The van der Waals surface area contributed by atoms with Gasteiger partial charge in [0.25, 0.3) is 0 Å². The van der Waals surface area contributed by atoms with Gasteiger partial charge in [0.1, 0.15) is 5.92 Å². The standard InChI is InChI=1S/C16H14ClN3O2S/c1-9-13(15(21)19-11-6-3-2-5-10(11)17)14(20-16(22)18-9)12-7-4-8-23-12/h2-8,13-14H,1H2,(H,19,21)(H2,18,20,22). The van der Waals surface area contributed by atoms with Crippen molar-refractivity contribution in [2.75, 3.05) is 5.32 Å². The highest BCUT2D eigenvalue weighted by atomic mass is 35.5. The fraction of sp³-hybridized carbons (Fsp3) is 0.125. The number of carbonyl (C=O) groups excluding carboxylic acids is 2. The molecule has 118 valence electrons. The number of amides is 3. The van der Waals surface area contributed by atoms with Gasteiger partial charge >= 0.3 is 6.03 Å². The third-order valence-corrected chi connectivity index (χ3v) is 4.82. The van der Waals surface area contributed by atoms with Gasteiger partial charge in [0.2, 0.25) is 5.91 Å². The maximum Gasteiger partial charge on any atom is 0.319 e. The summed E-state index contributed by atoms with van der Waals surface area (Å²) in [6, 6.07) is 9.92. The maximum absolute atomic E-state index is 12.7. The lowest BCUT2D eigenvalue weighted by Gasteiger charge is -2.33. The van der Waals surface area contributed by atoms with Crippen LogP contribution in [0.3, 0.4) is 0 Å². The molecule has 1 aromatic carbocycles. The van der Waals surface area contributed by atoms with Gasteiger partial charge in [-0.2, -0.15) is 0 Å². The number of rotatable bonds is 3. The molecular formula is C16H14ClN3O2S. The van der Waals surface area contributed by atoms with Crippen molar-refractivity contribution in [3.05, 3.63) is 64.0 Å². The molecular weight excluding hydrogens is 334 g/mol. The highest BCUT2D eigenvalue weighted by Gasteiger charge is 2.38. The van der Waals surface area contributed by atoms with E-state index in [1.165, 1.54) is 11.3 Å². The van der Waals surface area contributed by atoms with Crippen LogP contribution in [0, 0.1) is 5.92 Å². The Hall–Kier alpha value is -2.31. The van der Waals surface area contributed by atoms with Crippen LogP contribution in [0.5, 0.6) is 0 Å². The molecule has 7 heteroatoms. The minimum atomic E-state index is -0.636. The van der Waals surface area contributed by atoms with Crippen molar-refractivity contribution < 1.29 is 9.59 Å². The molecule has 1 aromatic heterocycles. The first kappa shape index (κ1) is 15.6. The largest absolute Gasteiger partial charge is 0.329 e. The van der Waals surface area contributed by atoms with E-state index in [-0.39, 0.29) is 11.9 Å². The number of nitrogens with one attached hydrogen (secondary N) is 3. The molecule has 0 bridgehead atoms. The van der Waals surface area contributed by atoms with E-state index in [4.69, 9.17) is 11.6 Å². The van der Waals surface area contributed by atoms with E-state index in [0.717, 1.165) is 4.88 Å². The predicted octanol–water partition coefficient (Wildman–Crippen LogP) is 3.52. The lowest BCUT2D eigenvalue weighted by atomic mass is 9.92. The Morgan fingerprint density at radius 1 is 1.26 bits per heavy atom. The van der Waals surface area contributed by atoms with Crippen LogP contribution >= 0.6 is 22.9 Å². The van der Waals surface area contributed by atoms with Gasteiger partial charge in [-0.25, -0.2) is 4.79 Å². The highest BCUT2D eigenvalue weighted by Crippen LogP contribution is 2.33. The molecule has 2 atom stereocenters. The van der Waals surface area contributed by atoms with Gasteiger partial charge in [0, 0.05) is 10.6 Å². The molecule has 3 rings (SSSR count). The SMILES string of the molecule is C=C1NC(=O)NC(c2cccs2)C1C(=O)Nc1ccccc1Cl. The number of thiophene rings is 1. The zero-order chi connectivity index (χ0) is 16.4. The molecule has 0 radical (unpaired) electrons. The molecule has 2 heterocycles. The first-order valence-corrected chi connectivity index (χ1v) is 8.17. The van der Waals surface area contributed by atoms with Crippen molar-refractivity contribution in [1.82, 2.24) is 10.6 Å². The molecule has 3 N–H and O–H groups in total. The molecule has 2 aromatic rings. The smallest absolute Gasteiger partial charge is 0.319 e. The van der Waals surface area contributed by atoms with Crippen molar-refractivity contribution >= 4 is 40.6 Å². The summed E-state index contributed by atoms with van der Waals surface area (Å²) in [5, 5.41) is 10.5. The molecule has 0 spiro atoms. The van der Waals surface area contributed by atoms with Gasteiger partial charge in [0.15, 0.2) is 0 Å². The van der Waals surface area contributed by atoms with Gasteiger partial charge in [-0.15, -0.1) is 11.3 Å². The van der Waals surface area contributed by atoms with Gasteiger partial charge in [-0.3, -0.25) is 4.79 Å². The Labute approximate surface area is 142 Å². The molecule has 1 saturated heterocycles. The molecule has 0 aliphatic carbocycles. The van der Waals surface area contributed by atoms with Crippen LogP contribution in [0.4, 0.5) is 10.5 Å². The van der Waals surface area contributed by atoms with E-state index < -0.39 is 12.0 Å². The van der Waals surface area contributed by atoms with Crippen molar-refractivity contribution in [3.63, 3.8) is 0 Å². The number of para-hydroxylation sites is 1. The lowest BCUT2D eigenvalue weighted by Crippen LogP contribution is -2.51. The Morgan fingerprint density at radius 2 is 2.04 bits per heavy atom. The highest BCUT2D eigenvalue weighted by molar-refractivity contribution is 7.10. The van der Waals surface area contributed by atoms with E-state index in [1.807, 2.05) is 17.5 Å². The van der Waals surface area contributed by atoms with E-state index in [0.29, 0.717) is 16.4 Å². The second-order valence-electron chi connectivity index (χ2n) is 5.06. The van der Waals surface area contributed by atoms with Crippen LogP contribution in [0.2, 0.25) is 5.02 Å². The summed E-state index contributed by atoms with van der Waals surface area (Å²) >= 11 is 7.56. The quantitative estimate of drug-likeness (QED) is 0.795. The van der Waals surface area contributed by atoms with E-state index >= 15 is 0 Å². The van der Waals surface area contributed by atoms with Gasteiger partial charge in [-0.05, 0) is 23.6 Å². The zero-order valence-electron chi connectivity index (χ0n) is 12.0. The Morgan fingerprint density at radius 3 is 2.74 bits per heavy atom. The monoisotopic (exact) mass is 347 g/mol. The van der Waals surface area contributed by atoms with Crippen molar-refractivity contribution in [2.45, 2.75) is 6.04 Å². The molecule has 5 nitrogen and oxygen atoms in total. The minimum Gasteiger partial charge on any atom is -0.329 e. The topological polar surface area (TPSA) is 70.2 Å². The number of urea groups is 1. The normalized spacial score (nSPS) is 20.6. The summed E-state index contributed by atoms with van der Waals surface area (Å²) in [6.45, 7) is 3.83. The van der Waals surface area contributed by atoms with E-state index in [1.54, 1.807) is 24.3 Å². The third-order valence-electron chi connectivity index (χ3n) is 3.53. The Kier molecular flexibility index (Phi) is 4.36. The van der Waals surface area contributed by atoms with Crippen molar-refractivity contribution in [2.24, 2.45) is 5.92 Å². The summed E-state index contributed by atoms with van der Waals surface area (Å²) in [7, 11) is 0. The zero-order valence-corrected chi connectivity index (χ0v) is 13.6. The number of hydrogen-bond acceptors (Lipinski definition) is 3. The van der Waals surface area contributed by atoms with Crippen LogP contribution in [-0.4, -0.2) is 11.9 Å². The molecule has 3 amide bonds. The summed E-state index contributed by atoms with van der Waals surface area (Å²) < 4.78 is 0. The number of anilines is 1. The van der Waals surface area contributed by atoms with E-state index in [2.05, 4.69) is 22.5 Å². The fourth-order valence-electron chi connectivity index (χ4n) is 2.47. The number of carbonyl (C=O) groups is 2. The summed E-state index contributed by atoms with van der Waals surface area (Å²) in [5.41, 5.74) is 0.880. The molecule has 1 aliphatic rings. The first-order valence-electron chi connectivity index (χ1n) is 6.91. The van der Waals surface area contributed by atoms with Crippen LogP contribution < -0.4 is 16.0 Å². The summed E-state index contributed by atoms with van der Waals surface area (Å²) in [4.78, 5) is 25.3. The van der Waals surface area contributed by atoms with Crippen LogP contribution in [0.25, 0.3) is 0 Å². The maximum atomic E-state index is 12.7. The number of halogens is 1. The molecule has 2 unspecified atom stereocenters. The third kappa shape index (κ3) is 3.23. The second kappa shape index (κ2) is 6.44. The Balaban J connectivity index is 1.88. The van der Waals surface area contributed by atoms with Crippen molar-refractivity contribution in [3.8, 4) is 0 Å². The number of benzene rings is 1. The Bertz CT molecular complexity index is 760. The molecule has 1 aliphatic heterocycles. The van der Waals surface area contributed by atoms with Crippen LogP contribution in [-0.2, 0) is 4.79 Å². The van der Waals surface area contributed by atoms with Crippen LogP contribution in [0.15, 0.2) is 54.1 Å². The fourth-order valence-corrected chi connectivity index (χ4v) is 3.47. The minimum absolute atomic E-state index is 0.283. The number of hydrogen-bond donors (Lipinski definition) is 3. The average molecular weight is 348 g/mol. The summed E-state index contributed by atoms with van der Waals surface area (Å²) in [5.74, 6) is -0.920. The molecule has 0 saturated carbocycles. The second-order valence-corrected chi connectivity index (χ2v) is 6.45.